The first-order valence-electron chi connectivity index (χ1n) is 9.28. The fourth-order valence-electron chi connectivity index (χ4n) is 3.22. The van der Waals surface area contributed by atoms with Gasteiger partial charge in [-0.2, -0.15) is 0 Å². The number of carbonyl (C=O) groups excluding carboxylic acids is 2. The van der Waals surface area contributed by atoms with Crippen LogP contribution in [0.4, 0.5) is 4.79 Å². The maximum absolute atomic E-state index is 12.1. The smallest absolute Gasteiger partial charge is 0.317 e. The SMILES string of the molecule is CCCNC(=O)CCNC(=O)N1CCC(CN2CCOCC2)CC1. The molecule has 0 bridgehead atoms. The van der Waals surface area contributed by atoms with Crippen LogP contribution in [0.25, 0.3) is 0 Å². The van der Waals surface area contributed by atoms with Crippen LogP contribution < -0.4 is 10.6 Å². The number of urea groups is 1. The Morgan fingerprint density at radius 3 is 2.42 bits per heavy atom. The van der Waals surface area contributed by atoms with Crippen LogP contribution in [-0.2, 0) is 9.53 Å². The zero-order valence-electron chi connectivity index (χ0n) is 14.9. The number of ether oxygens (including phenoxy) is 1. The number of rotatable bonds is 7. The third-order valence-corrected chi connectivity index (χ3v) is 4.72. The lowest BCUT2D eigenvalue weighted by atomic mass is 9.96. The fourth-order valence-corrected chi connectivity index (χ4v) is 3.22. The van der Waals surface area contributed by atoms with E-state index < -0.39 is 0 Å². The average Bonchev–Trinajstić information content (AvgIpc) is 2.61. The predicted octanol–water partition coefficient (Wildman–Crippen LogP) is 0.657. The highest BCUT2D eigenvalue weighted by atomic mass is 16.5. The van der Waals surface area contributed by atoms with Gasteiger partial charge >= 0.3 is 6.03 Å². The highest BCUT2D eigenvalue weighted by Crippen LogP contribution is 2.19. The van der Waals surface area contributed by atoms with Crippen molar-refractivity contribution in [3.05, 3.63) is 0 Å². The van der Waals surface area contributed by atoms with E-state index in [1.807, 2.05) is 11.8 Å². The molecule has 7 nitrogen and oxygen atoms in total. The van der Waals surface area contributed by atoms with Gasteiger partial charge in [-0.25, -0.2) is 4.79 Å². The molecule has 0 spiro atoms. The van der Waals surface area contributed by atoms with Crippen LogP contribution in [0.5, 0.6) is 0 Å². The molecule has 0 saturated carbocycles. The van der Waals surface area contributed by atoms with Crippen LogP contribution >= 0.6 is 0 Å². The Hall–Kier alpha value is -1.34. The van der Waals surface area contributed by atoms with E-state index in [1.165, 1.54) is 0 Å². The molecule has 0 atom stereocenters. The summed E-state index contributed by atoms with van der Waals surface area (Å²) in [7, 11) is 0. The van der Waals surface area contributed by atoms with Gasteiger partial charge in [-0.05, 0) is 25.2 Å². The van der Waals surface area contributed by atoms with Gasteiger partial charge < -0.3 is 20.3 Å². The molecular weight excluding hydrogens is 308 g/mol. The van der Waals surface area contributed by atoms with Crippen molar-refractivity contribution in [1.82, 2.24) is 20.4 Å². The van der Waals surface area contributed by atoms with Crippen molar-refractivity contribution >= 4 is 11.9 Å². The van der Waals surface area contributed by atoms with Gasteiger partial charge in [0.2, 0.25) is 5.91 Å². The number of morpholine rings is 1. The minimum Gasteiger partial charge on any atom is -0.379 e. The molecule has 2 heterocycles. The Bertz CT molecular complexity index is 391. The van der Waals surface area contributed by atoms with Crippen molar-refractivity contribution in [2.75, 3.05) is 59.0 Å². The van der Waals surface area contributed by atoms with E-state index in [1.54, 1.807) is 0 Å². The molecule has 0 aromatic rings. The average molecular weight is 340 g/mol. The summed E-state index contributed by atoms with van der Waals surface area (Å²) in [5.74, 6) is 0.674. The largest absolute Gasteiger partial charge is 0.379 e. The van der Waals surface area contributed by atoms with E-state index in [-0.39, 0.29) is 11.9 Å². The van der Waals surface area contributed by atoms with Gasteiger partial charge in [-0.1, -0.05) is 6.92 Å². The van der Waals surface area contributed by atoms with Crippen LogP contribution in [-0.4, -0.2) is 80.8 Å². The molecule has 0 aromatic heterocycles. The fraction of sp³-hybridized carbons (Fsp3) is 0.882. The number of nitrogens with one attached hydrogen (secondary N) is 2. The number of carbonyl (C=O) groups is 2. The molecule has 0 unspecified atom stereocenters. The number of amides is 3. The molecule has 7 heteroatoms. The van der Waals surface area contributed by atoms with E-state index in [9.17, 15) is 9.59 Å². The van der Waals surface area contributed by atoms with Crippen molar-refractivity contribution in [2.24, 2.45) is 5.92 Å². The Morgan fingerprint density at radius 1 is 1.04 bits per heavy atom. The van der Waals surface area contributed by atoms with Crippen molar-refractivity contribution in [3.63, 3.8) is 0 Å². The summed E-state index contributed by atoms with van der Waals surface area (Å²) >= 11 is 0. The summed E-state index contributed by atoms with van der Waals surface area (Å²) in [5.41, 5.74) is 0. The summed E-state index contributed by atoms with van der Waals surface area (Å²) in [5, 5.41) is 5.67. The van der Waals surface area contributed by atoms with Crippen LogP contribution in [0.1, 0.15) is 32.6 Å². The number of likely N-dealkylation sites (tertiary alicyclic amines) is 1. The van der Waals surface area contributed by atoms with Crippen LogP contribution in [0, 0.1) is 5.92 Å². The maximum Gasteiger partial charge on any atom is 0.317 e. The Kier molecular flexibility index (Phi) is 8.32. The molecule has 0 aromatic carbocycles. The molecule has 0 radical (unpaired) electrons. The summed E-state index contributed by atoms with van der Waals surface area (Å²) < 4.78 is 5.38. The minimum absolute atomic E-state index is 0.00127. The Morgan fingerprint density at radius 2 is 1.75 bits per heavy atom. The molecule has 3 amide bonds. The third-order valence-electron chi connectivity index (χ3n) is 4.72. The second kappa shape index (κ2) is 10.5. The van der Waals surface area contributed by atoms with Gasteiger partial charge in [-0.15, -0.1) is 0 Å². The van der Waals surface area contributed by atoms with Crippen molar-refractivity contribution < 1.29 is 14.3 Å². The van der Waals surface area contributed by atoms with Gasteiger partial charge in [0.05, 0.1) is 13.2 Å². The normalized spacial score (nSPS) is 20.0. The molecule has 2 saturated heterocycles. The predicted molar refractivity (Wildman–Crippen MR) is 92.9 cm³/mol. The lowest BCUT2D eigenvalue weighted by Gasteiger charge is -2.36. The summed E-state index contributed by atoms with van der Waals surface area (Å²) in [6.07, 6.45) is 3.39. The third kappa shape index (κ3) is 6.65. The molecule has 0 aliphatic carbocycles. The standard InChI is InChI=1S/C17H32N4O3/c1-2-6-18-16(22)3-7-19-17(23)21-8-4-15(5-9-21)14-20-10-12-24-13-11-20/h15H,2-14H2,1H3,(H,18,22)(H,19,23). The van der Waals surface area contributed by atoms with Gasteiger partial charge in [0.1, 0.15) is 0 Å². The lowest BCUT2D eigenvalue weighted by Crippen LogP contribution is -2.47. The number of hydrogen-bond donors (Lipinski definition) is 2. The molecule has 2 N–H and O–H groups in total. The minimum atomic E-state index is -0.0388. The van der Waals surface area contributed by atoms with Crippen molar-refractivity contribution in [1.29, 1.82) is 0 Å². The second-order valence-electron chi connectivity index (χ2n) is 6.68. The van der Waals surface area contributed by atoms with E-state index in [2.05, 4.69) is 15.5 Å². The van der Waals surface area contributed by atoms with E-state index in [0.717, 1.165) is 65.2 Å². The topological polar surface area (TPSA) is 73.9 Å². The molecule has 2 aliphatic rings. The first kappa shape index (κ1) is 19.0. The summed E-state index contributed by atoms with van der Waals surface area (Å²) in [4.78, 5) is 28.0. The lowest BCUT2D eigenvalue weighted by molar-refractivity contribution is -0.120. The zero-order valence-corrected chi connectivity index (χ0v) is 14.9. The van der Waals surface area contributed by atoms with Crippen molar-refractivity contribution in [2.45, 2.75) is 32.6 Å². The van der Waals surface area contributed by atoms with Gasteiger partial charge in [0.25, 0.3) is 0 Å². The van der Waals surface area contributed by atoms with E-state index in [0.29, 0.717) is 25.4 Å². The quantitative estimate of drug-likeness (QED) is 0.714. The number of nitrogens with zero attached hydrogens (tertiary/aromatic N) is 2. The first-order chi connectivity index (χ1) is 11.7. The molecular formula is C17H32N4O3. The molecule has 24 heavy (non-hydrogen) atoms. The van der Waals surface area contributed by atoms with Crippen LogP contribution in [0.3, 0.4) is 0 Å². The first-order valence-corrected chi connectivity index (χ1v) is 9.28. The molecule has 138 valence electrons. The van der Waals surface area contributed by atoms with Crippen LogP contribution in [0.2, 0.25) is 0 Å². The number of hydrogen-bond acceptors (Lipinski definition) is 4. The Balaban J connectivity index is 1.57. The van der Waals surface area contributed by atoms with Crippen LogP contribution in [0.15, 0.2) is 0 Å². The highest BCUT2D eigenvalue weighted by Gasteiger charge is 2.24. The summed E-state index contributed by atoms with van der Waals surface area (Å²) in [6, 6.07) is -0.0388. The summed E-state index contributed by atoms with van der Waals surface area (Å²) in [6.45, 7) is 9.60. The van der Waals surface area contributed by atoms with Gasteiger partial charge in [0.15, 0.2) is 0 Å². The second-order valence-corrected chi connectivity index (χ2v) is 6.68. The van der Waals surface area contributed by atoms with Gasteiger partial charge in [-0.3, -0.25) is 9.69 Å². The maximum atomic E-state index is 12.1. The highest BCUT2D eigenvalue weighted by molar-refractivity contribution is 5.78. The molecule has 2 fully saturated rings. The van der Waals surface area contributed by atoms with E-state index in [4.69, 9.17) is 4.74 Å². The molecule has 2 aliphatic heterocycles. The number of piperidine rings is 1. The zero-order chi connectivity index (χ0) is 17.2. The Labute approximate surface area is 145 Å². The van der Waals surface area contributed by atoms with E-state index >= 15 is 0 Å². The van der Waals surface area contributed by atoms with Crippen molar-refractivity contribution in [3.8, 4) is 0 Å². The van der Waals surface area contributed by atoms with Gasteiger partial charge in [0, 0.05) is 52.2 Å². The molecule has 2 rings (SSSR count). The monoisotopic (exact) mass is 340 g/mol.